The van der Waals surface area contributed by atoms with Crippen LogP contribution in [0.25, 0.3) is 0 Å². The first-order valence-corrected chi connectivity index (χ1v) is 7.48. The SMILES string of the molecule is CCC(CCl)(c1ccccc1)C1CCCCC1. The molecule has 0 amide bonds. The molecule has 0 aliphatic heterocycles. The lowest BCUT2D eigenvalue weighted by Gasteiger charge is -2.41. The topological polar surface area (TPSA) is 0 Å². The number of alkyl halides is 1. The third-order valence-electron chi connectivity index (χ3n) is 4.60. The highest BCUT2D eigenvalue weighted by Gasteiger charge is 2.38. The van der Waals surface area contributed by atoms with Crippen LogP contribution in [0.5, 0.6) is 0 Å². The molecule has 1 aromatic rings. The molecule has 1 aliphatic carbocycles. The van der Waals surface area contributed by atoms with E-state index in [-0.39, 0.29) is 5.41 Å². The maximum Gasteiger partial charge on any atom is 0.0323 e. The monoisotopic (exact) mass is 250 g/mol. The van der Waals surface area contributed by atoms with Crippen LogP contribution in [0.1, 0.15) is 51.0 Å². The molecule has 1 aliphatic rings. The molecule has 1 unspecified atom stereocenters. The molecule has 0 saturated heterocycles. The van der Waals surface area contributed by atoms with Gasteiger partial charge in [0, 0.05) is 11.3 Å². The van der Waals surface area contributed by atoms with Gasteiger partial charge in [-0.3, -0.25) is 0 Å². The molecule has 0 aromatic heterocycles. The van der Waals surface area contributed by atoms with Crippen molar-refractivity contribution < 1.29 is 0 Å². The zero-order valence-corrected chi connectivity index (χ0v) is 11.5. The Bertz CT molecular complexity index is 321. The molecule has 1 saturated carbocycles. The standard InChI is InChI=1S/C16H23Cl/c1-2-16(13-17,14-9-5-3-6-10-14)15-11-7-4-8-12-15/h3,5-6,9-10,15H,2,4,7-8,11-13H2,1H3. The first-order chi connectivity index (χ1) is 8.33. The minimum Gasteiger partial charge on any atom is -0.126 e. The van der Waals surface area contributed by atoms with Gasteiger partial charge in [-0.15, -0.1) is 11.6 Å². The van der Waals surface area contributed by atoms with E-state index in [1.807, 2.05) is 0 Å². The lowest BCUT2D eigenvalue weighted by molar-refractivity contribution is 0.215. The summed E-state index contributed by atoms with van der Waals surface area (Å²) < 4.78 is 0. The van der Waals surface area contributed by atoms with Gasteiger partial charge in [0.15, 0.2) is 0 Å². The highest BCUT2D eigenvalue weighted by molar-refractivity contribution is 6.18. The summed E-state index contributed by atoms with van der Waals surface area (Å²) in [5.74, 6) is 1.54. The molecule has 1 heteroatoms. The van der Waals surface area contributed by atoms with Crippen molar-refractivity contribution in [1.29, 1.82) is 0 Å². The number of hydrogen-bond donors (Lipinski definition) is 0. The quantitative estimate of drug-likeness (QED) is 0.648. The van der Waals surface area contributed by atoms with Gasteiger partial charge >= 0.3 is 0 Å². The first-order valence-electron chi connectivity index (χ1n) is 6.95. The average Bonchev–Trinajstić information content (AvgIpc) is 2.43. The van der Waals surface area contributed by atoms with Crippen LogP contribution in [0.3, 0.4) is 0 Å². The Morgan fingerprint density at radius 3 is 2.29 bits per heavy atom. The molecule has 2 rings (SSSR count). The fraction of sp³-hybridized carbons (Fsp3) is 0.625. The smallest absolute Gasteiger partial charge is 0.0323 e. The van der Waals surface area contributed by atoms with E-state index in [0.29, 0.717) is 0 Å². The summed E-state index contributed by atoms with van der Waals surface area (Å²) in [4.78, 5) is 0. The molecule has 0 N–H and O–H groups in total. The van der Waals surface area contributed by atoms with Gasteiger partial charge in [-0.25, -0.2) is 0 Å². The van der Waals surface area contributed by atoms with Gasteiger partial charge in [-0.05, 0) is 30.7 Å². The summed E-state index contributed by atoms with van der Waals surface area (Å²) in [6, 6.07) is 10.9. The van der Waals surface area contributed by atoms with Crippen LogP contribution in [0.15, 0.2) is 30.3 Å². The van der Waals surface area contributed by atoms with Gasteiger partial charge in [-0.2, -0.15) is 0 Å². The third kappa shape index (κ3) is 2.52. The largest absolute Gasteiger partial charge is 0.126 e. The second kappa shape index (κ2) is 5.91. The average molecular weight is 251 g/mol. The first kappa shape index (κ1) is 13.0. The molecule has 0 radical (unpaired) electrons. The van der Waals surface area contributed by atoms with Crippen molar-refractivity contribution in [2.24, 2.45) is 5.92 Å². The van der Waals surface area contributed by atoms with Crippen molar-refractivity contribution in [3.63, 3.8) is 0 Å². The molecular formula is C16H23Cl. The molecule has 0 nitrogen and oxygen atoms in total. The lowest BCUT2D eigenvalue weighted by atomic mass is 9.65. The number of rotatable bonds is 4. The molecule has 1 fully saturated rings. The Labute approximate surface area is 110 Å². The highest BCUT2D eigenvalue weighted by atomic mass is 35.5. The summed E-state index contributed by atoms with van der Waals surface area (Å²) in [7, 11) is 0. The van der Waals surface area contributed by atoms with Crippen LogP contribution in [0.2, 0.25) is 0 Å². The third-order valence-corrected chi connectivity index (χ3v) is 5.08. The molecular weight excluding hydrogens is 228 g/mol. The Morgan fingerprint density at radius 2 is 1.76 bits per heavy atom. The number of halogens is 1. The van der Waals surface area contributed by atoms with Crippen LogP contribution >= 0.6 is 11.6 Å². The van der Waals surface area contributed by atoms with E-state index in [1.54, 1.807) is 0 Å². The van der Waals surface area contributed by atoms with Crippen molar-refractivity contribution in [2.45, 2.75) is 50.9 Å². The predicted molar refractivity (Wildman–Crippen MR) is 75.7 cm³/mol. The highest BCUT2D eigenvalue weighted by Crippen LogP contribution is 2.44. The van der Waals surface area contributed by atoms with E-state index >= 15 is 0 Å². The molecule has 17 heavy (non-hydrogen) atoms. The van der Waals surface area contributed by atoms with Gasteiger partial charge in [-0.1, -0.05) is 56.5 Å². The summed E-state index contributed by atoms with van der Waals surface area (Å²) in [6.45, 7) is 2.30. The lowest BCUT2D eigenvalue weighted by Crippen LogP contribution is -2.37. The van der Waals surface area contributed by atoms with E-state index in [1.165, 1.54) is 37.7 Å². The minimum absolute atomic E-state index is 0.212. The molecule has 0 spiro atoms. The minimum atomic E-state index is 0.212. The van der Waals surface area contributed by atoms with Crippen LogP contribution in [-0.4, -0.2) is 5.88 Å². The molecule has 0 heterocycles. The Balaban J connectivity index is 2.30. The van der Waals surface area contributed by atoms with Gasteiger partial charge in [0.05, 0.1) is 0 Å². The maximum atomic E-state index is 6.39. The van der Waals surface area contributed by atoms with E-state index in [4.69, 9.17) is 11.6 Å². The summed E-state index contributed by atoms with van der Waals surface area (Å²) >= 11 is 6.39. The number of hydrogen-bond acceptors (Lipinski definition) is 0. The van der Waals surface area contributed by atoms with E-state index in [9.17, 15) is 0 Å². The second-order valence-electron chi connectivity index (χ2n) is 5.34. The zero-order valence-electron chi connectivity index (χ0n) is 10.8. The fourth-order valence-electron chi connectivity index (χ4n) is 3.43. The van der Waals surface area contributed by atoms with Crippen LogP contribution in [0.4, 0.5) is 0 Å². The Hall–Kier alpha value is -0.490. The van der Waals surface area contributed by atoms with E-state index in [2.05, 4.69) is 37.3 Å². The summed E-state index contributed by atoms with van der Waals surface area (Å²) in [5.41, 5.74) is 1.66. The van der Waals surface area contributed by atoms with Crippen LogP contribution < -0.4 is 0 Å². The second-order valence-corrected chi connectivity index (χ2v) is 5.61. The molecule has 0 bridgehead atoms. The van der Waals surface area contributed by atoms with Crippen LogP contribution in [0, 0.1) is 5.92 Å². The predicted octanol–water partition coefficient (Wildman–Crippen LogP) is 5.15. The normalized spacial score (nSPS) is 21.1. The van der Waals surface area contributed by atoms with Gasteiger partial charge in [0.1, 0.15) is 0 Å². The van der Waals surface area contributed by atoms with Gasteiger partial charge in [0.25, 0.3) is 0 Å². The van der Waals surface area contributed by atoms with Gasteiger partial charge in [0.2, 0.25) is 0 Å². The van der Waals surface area contributed by atoms with Crippen molar-refractivity contribution in [1.82, 2.24) is 0 Å². The molecule has 1 aromatic carbocycles. The summed E-state index contributed by atoms with van der Waals surface area (Å²) in [6.07, 6.45) is 8.05. The molecule has 94 valence electrons. The Kier molecular flexibility index (Phi) is 4.50. The van der Waals surface area contributed by atoms with Crippen molar-refractivity contribution in [3.05, 3.63) is 35.9 Å². The van der Waals surface area contributed by atoms with Crippen molar-refractivity contribution in [2.75, 3.05) is 5.88 Å². The fourth-order valence-corrected chi connectivity index (χ4v) is 4.00. The van der Waals surface area contributed by atoms with Crippen molar-refractivity contribution >= 4 is 11.6 Å². The molecule has 1 atom stereocenters. The van der Waals surface area contributed by atoms with Crippen molar-refractivity contribution in [3.8, 4) is 0 Å². The van der Waals surface area contributed by atoms with Gasteiger partial charge < -0.3 is 0 Å². The van der Waals surface area contributed by atoms with E-state index in [0.717, 1.165) is 18.2 Å². The van der Waals surface area contributed by atoms with E-state index < -0.39 is 0 Å². The zero-order chi connectivity index (χ0) is 12.1. The van der Waals surface area contributed by atoms with Crippen LogP contribution in [-0.2, 0) is 5.41 Å². The number of benzene rings is 1. The summed E-state index contributed by atoms with van der Waals surface area (Å²) in [5, 5.41) is 0. The maximum absolute atomic E-state index is 6.39. The Morgan fingerprint density at radius 1 is 1.12 bits per heavy atom.